The van der Waals surface area contributed by atoms with Crippen molar-refractivity contribution < 1.29 is 49.0 Å². The molecule has 0 saturated carbocycles. The first-order chi connectivity index (χ1) is 32.4. The van der Waals surface area contributed by atoms with Gasteiger partial charge < -0.3 is 39.6 Å². The number of aromatic amines is 1. The largest absolute Gasteiger partial charge is 0.463 e. The predicted octanol–water partition coefficient (Wildman–Crippen LogP) is 11.6. The SMILES string of the molecule is C#CCCCCCCCCCCCC(O)CC(O)COC(C)=O.C=CCCCCCCCCCCCC(O)CC(O)COC(C)=O.COC(=O)Nc1nc2ccc(Sc3ccccc3)cc2[nH]1. The van der Waals surface area contributed by atoms with Crippen LogP contribution < -0.4 is 5.32 Å². The van der Waals surface area contributed by atoms with E-state index in [1.807, 2.05) is 42.5 Å². The molecule has 2 aromatic carbocycles. The first-order valence-electron chi connectivity index (χ1n) is 24.5. The molecule has 3 aromatic rings. The molecule has 1 heterocycles. The molecular formula is C53H83N3O10S. The van der Waals surface area contributed by atoms with Crippen molar-refractivity contribution in [3.63, 3.8) is 0 Å². The average Bonchev–Trinajstić information content (AvgIpc) is 3.70. The number of aromatic nitrogens is 2. The highest BCUT2D eigenvalue weighted by Crippen LogP contribution is 2.30. The number of rotatable bonds is 34. The van der Waals surface area contributed by atoms with Crippen LogP contribution in [-0.2, 0) is 23.8 Å². The van der Waals surface area contributed by atoms with Crippen molar-refractivity contribution in [2.45, 2.75) is 202 Å². The number of anilines is 1. The van der Waals surface area contributed by atoms with E-state index >= 15 is 0 Å². The number of fused-ring (bicyclic) bond motifs is 1. The van der Waals surface area contributed by atoms with Crippen LogP contribution in [0.5, 0.6) is 0 Å². The van der Waals surface area contributed by atoms with Gasteiger partial charge in [-0.25, -0.2) is 9.78 Å². The third-order valence-corrected chi connectivity index (χ3v) is 11.7. The van der Waals surface area contributed by atoms with Crippen LogP contribution in [0.2, 0.25) is 0 Å². The number of unbranched alkanes of at least 4 members (excludes halogenated alkanes) is 18. The minimum Gasteiger partial charge on any atom is -0.463 e. The molecule has 0 fully saturated rings. The third kappa shape index (κ3) is 35.4. The number of terminal acetylenes is 1. The molecule has 376 valence electrons. The van der Waals surface area contributed by atoms with Crippen LogP contribution in [0.15, 0.2) is 71.0 Å². The lowest BCUT2D eigenvalue weighted by Gasteiger charge is -2.15. The summed E-state index contributed by atoms with van der Waals surface area (Å²) in [4.78, 5) is 42.0. The summed E-state index contributed by atoms with van der Waals surface area (Å²) in [5, 5.41) is 41.4. The number of aliphatic hydroxyl groups excluding tert-OH is 4. The molecule has 67 heavy (non-hydrogen) atoms. The molecule has 0 aliphatic heterocycles. The second-order valence-corrected chi connectivity index (χ2v) is 18.1. The number of ether oxygens (including phenoxy) is 3. The highest BCUT2D eigenvalue weighted by molar-refractivity contribution is 7.99. The van der Waals surface area contributed by atoms with Crippen molar-refractivity contribution in [2.75, 3.05) is 25.6 Å². The Labute approximate surface area is 405 Å². The lowest BCUT2D eigenvalue weighted by molar-refractivity contribution is -0.145. The number of hydrogen-bond acceptors (Lipinski definition) is 12. The Morgan fingerprint density at radius 1 is 0.701 bits per heavy atom. The molecule has 0 saturated heterocycles. The van der Waals surface area contributed by atoms with E-state index in [1.54, 1.807) is 11.8 Å². The van der Waals surface area contributed by atoms with Gasteiger partial charge in [-0.3, -0.25) is 14.9 Å². The normalized spacial score (nSPS) is 12.5. The first kappa shape index (κ1) is 60.6. The lowest BCUT2D eigenvalue weighted by atomic mass is 10.0. The van der Waals surface area contributed by atoms with E-state index in [0.717, 1.165) is 60.9 Å². The summed E-state index contributed by atoms with van der Waals surface area (Å²) in [7, 11) is 1.31. The lowest BCUT2D eigenvalue weighted by Crippen LogP contribution is -2.23. The maximum atomic E-state index is 11.2. The summed E-state index contributed by atoms with van der Waals surface area (Å²) in [5.74, 6) is 2.23. The van der Waals surface area contributed by atoms with E-state index in [0.29, 0.717) is 18.8 Å². The summed E-state index contributed by atoms with van der Waals surface area (Å²) in [5.41, 5.74) is 1.65. The number of amides is 1. The van der Waals surface area contributed by atoms with E-state index in [2.05, 4.69) is 44.7 Å². The van der Waals surface area contributed by atoms with Gasteiger partial charge in [0.25, 0.3) is 0 Å². The molecule has 1 aromatic heterocycles. The maximum Gasteiger partial charge on any atom is 0.413 e. The number of allylic oxidation sites excluding steroid dienone is 1. The monoisotopic (exact) mass is 954 g/mol. The second-order valence-electron chi connectivity index (χ2n) is 17.0. The van der Waals surface area contributed by atoms with Crippen LogP contribution in [-0.4, -0.2) is 93.2 Å². The van der Waals surface area contributed by atoms with Gasteiger partial charge in [0.2, 0.25) is 5.95 Å². The fourth-order valence-electron chi connectivity index (χ4n) is 7.06. The Balaban J connectivity index is 0.000000502. The molecule has 0 radical (unpaired) electrons. The minimum absolute atomic E-state index is 0.0286. The third-order valence-electron chi connectivity index (χ3n) is 10.7. The molecule has 0 spiro atoms. The van der Waals surface area contributed by atoms with Gasteiger partial charge in [0.05, 0.1) is 42.6 Å². The van der Waals surface area contributed by atoms with Gasteiger partial charge in [0, 0.05) is 42.9 Å². The topological polar surface area (TPSA) is 201 Å². The van der Waals surface area contributed by atoms with Crippen molar-refractivity contribution in [2.24, 2.45) is 0 Å². The van der Waals surface area contributed by atoms with Crippen LogP contribution in [0.4, 0.5) is 10.7 Å². The molecule has 4 unspecified atom stereocenters. The Morgan fingerprint density at radius 3 is 1.64 bits per heavy atom. The number of esters is 2. The van der Waals surface area contributed by atoms with Crippen molar-refractivity contribution in [1.82, 2.24) is 9.97 Å². The second kappa shape index (κ2) is 40.7. The number of nitrogens with zero attached hydrogens (tertiary/aromatic N) is 1. The van der Waals surface area contributed by atoms with Gasteiger partial charge in [0.15, 0.2) is 0 Å². The van der Waals surface area contributed by atoms with Crippen LogP contribution in [0.1, 0.15) is 168 Å². The number of hydrogen-bond donors (Lipinski definition) is 6. The highest BCUT2D eigenvalue weighted by Gasteiger charge is 2.14. The van der Waals surface area contributed by atoms with E-state index < -0.39 is 42.4 Å². The van der Waals surface area contributed by atoms with E-state index in [-0.39, 0.29) is 26.1 Å². The van der Waals surface area contributed by atoms with Crippen molar-refractivity contribution in [1.29, 1.82) is 0 Å². The summed E-state index contributed by atoms with van der Waals surface area (Å²) < 4.78 is 14.0. The molecule has 13 nitrogen and oxygen atoms in total. The minimum atomic E-state index is -0.775. The maximum absolute atomic E-state index is 11.2. The van der Waals surface area contributed by atoms with Gasteiger partial charge in [-0.1, -0.05) is 139 Å². The zero-order chi connectivity index (χ0) is 49.3. The number of H-pyrrole nitrogens is 1. The molecule has 0 bridgehead atoms. The van der Waals surface area contributed by atoms with Gasteiger partial charge in [-0.15, -0.1) is 18.9 Å². The van der Waals surface area contributed by atoms with E-state index in [1.165, 1.54) is 109 Å². The zero-order valence-corrected chi connectivity index (χ0v) is 41.6. The van der Waals surface area contributed by atoms with Crippen LogP contribution >= 0.6 is 11.8 Å². The Hall–Kier alpha value is -4.39. The molecule has 0 aliphatic carbocycles. The number of carbonyl (C=O) groups excluding carboxylic acids is 3. The Bertz CT molecular complexity index is 1770. The van der Waals surface area contributed by atoms with Crippen LogP contribution in [0, 0.1) is 12.3 Å². The Morgan fingerprint density at radius 2 is 1.18 bits per heavy atom. The fourth-order valence-corrected chi connectivity index (χ4v) is 7.94. The van der Waals surface area contributed by atoms with Gasteiger partial charge >= 0.3 is 18.0 Å². The number of imidazole rings is 1. The molecule has 0 aliphatic rings. The highest BCUT2D eigenvalue weighted by atomic mass is 32.2. The standard InChI is InChI=1S/C19H36O4.C19H34O4.C15H13N3O2S/c2*1-3-4-5-6-7-8-9-10-11-12-13-14-18(21)15-19(22)16-23-17(2)20;1-20-15(19)18-14-16-12-8-7-11(9-13(12)17-14)21-10-5-3-2-4-6-10/h3,18-19,21-22H,1,4-16H2,2H3;1,18-19,21-22H,4-16H2,2H3;2-9H,1H3,(H2,16,17,18,19). The summed E-state index contributed by atoms with van der Waals surface area (Å²) in [6.45, 7) is 6.28. The summed E-state index contributed by atoms with van der Waals surface area (Å²) in [6, 6.07) is 16.1. The Kier molecular flexibility index (Phi) is 36.8. The van der Waals surface area contributed by atoms with Gasteiger partial charge in [0.1, 0.15) is 13.2 Å². The van der Waals surface area contributed by atoms with E-state index in [4.69, 9.17) is 15.9 Å². The molecule has 14 heteroatoms. The molecule has 3 rings (SSSR count). The fraction of sp³-hybridized carbons (Fsp3) is 0.623. The summed E-state index contributed by atoms with van der Waals surface area (Å²) in [6.07, 6.45) is 30.0. The summed E-state index contributed by atoms with van der Waals surface area (Å²) >= 11 is 1.67. The van der Waals surface area contributed by atoms with Crippen molar-refractivity contribution >= 4 is 46.8 Å². The molecule has 6 N–H and O–H groups in total. The molecule has 1 amide bonds. The van der Waals surface area contributed by atoms with Gasteiger partial charge in [-0.05, 0) is 62.4 Å². The molecular weight excluding hydrogens is 871 g/mol. The van der Waals surface area contributed by atoms with E-state index in [9.17, 15) is 34.8 Å². The van der Waals surface area contributed by atoms with Gasteiger partial charge in [-0.2, -0.15) is 0 Å². The number of benzene rings is 2. The number of nitrogens with one attached hydrogen (secondary N) is 2. The van der Waals surface area contributed by atoms with Crippen molar-refractivity contribution in [3.8, 4) is 12.3 Å². The van der Waals surface area contributed by atoms with Crippen molar-refractivity contribution in [3.05, 3.63) is 61.2 Å². The first-order valence-corrected chi connectivity index (χ1v) is 25.3. The smallest absolute Gasteiger partial charge is 0.413 e. The number of carbonyl (C=O) groups is 3. The average molecular weight is 954 g/mol. The van der Waals surface area contributed by atoms with Crippen LogP contribution in [0.3, 0.4) is 0 Å². The predicted molar refractivity (Wildman–Crippen MR) is 270 cm³/mol. The number of methoxy groups -OCH3 is 1. The molecule has 4 atom stereocenters. The zero-order valence-electron chi connectivity index (χ0n) is 40.8. The number of aliphatic hydroxyl groups is 4. The van der Waals surface area contributed by atoms with Crippen LogP contribution in [0.25, 0.3) is 11.0 Å². The quantitative estimate of drug-likeness (QED) is 0.0109.